The molecule has 0 saturated heterocycles. The number of nitrogens with one attached hydrogen (secondary N) is 1. The fourth-order valence-corrected chi connectivity index (χ4v) is 1.73. The van der Waals surface area contributed by atoms with Gasteiger partial charge in [-0.1, -0.05) is 19.1 Å². The molecule has 0 amide bonds. The van der Waals surface area contributed by atoms with Crippen LogP contribution < -0.4 is 15.8 Å². The van der Waals surface area contributed by atoms with Crippen LogP contribution in [-0.2, 0) is 6.42 Å². The van der Waals surface area contributed by atoms with Crippen molar-refractivity contribution >= 4 is 0 Å². The number of methoxy groups -OCH3 is 1. The van der Waals surface area contributed by atoms with Gasteiger partial charge >= 0.3 is 0 Å². The molecule has 1 unspecified atom stereocenters. The Bertz CT molecular complexity index is 302. The van der Waals surface area contributed by atoms with Gasteiger partial charge in [-0.3, -0.25) is 0 Å². The van der Waals surface area contributed by atoms with Gasteiger partial charge < -0.3 is 15.8 Å². The lowest BCUT2D eigenvalue weighted by atomic mass is 10.0. The molecule has 0 aliphatic carbocycles. The van der Waals surface area contributed by atoms with E-state index in [1.54, 1.807) is 7.11 Å². The Hall–Kier alpha value is -1.06. The highest BCUT2D eigenvalue weighted by molar-refractivity contribution is 5.28. The van der Waals surface area contributed by atoms with Crippen LogP contribution in [-0.4, -0.2) is 26.2 Å². The van der Waals surface area contributed by atoms with Gasteiger partial charge in [0.1, 0.15) is 5.75 Å². The van der Waals surface area contributed by atoms with E-state index in [4.69, 9.17) is 10.5 Å². The van der Waals surface area contributed by atoms with E-state index in [9.17, 15) is 0 Å². The van der Waals surface area contributed by atoms with Gasteiger partial charge in [0.2, 0.25) is 0 Å². The Morgan fingerprint density at radius 2 is 2.25 bits per heavy atom. The number of hydrogen-bond donors (Lipinski definition) is 2. The quantitative estimate of drug-likeness (QED) is 0.736. The maximum absolute atomic E-state index is 5.49. The molecule has 1 rings (SSSR count). The number of benzene rings is 1. The second kappa shape index (κ2) is 7.25. The highest BCUT2D eigenvalue weighted by Gasteiger charge is 2.06. The van der Waals surface area contributed by atoms with Gasteiger partial charge in [-0.05, 0) is 30.5 Å². The first-order valence-electron chi connectivity index (χ1n) is 5.86. The highest BCUT2D eigenvalue weighted by Crippen LogP contribution is 2.14. The molecule has 0 aliphatic rings. The van der Waals surface area contributed by atoms with E-state index in [0.29, 0.717) is 12.6 Å². The lowest BCUT2D eigenvalue weighted by Gasteiger charge is -2.16. The standard InChI is InChI=1S/C13H22N2O/c1-3-12(15-8-7-14)9-11-5-4-6-13(10-11)16-2/h4-6,10,12,15H,3,7-9,14H2,1-2H3. The zero-order valence-corrected chi connectivity index (χ0v) is 10.2. The zero-order chi connectivity index (χ0) is 11.8. The summed E-state index contributed by atoms with van der Waals surface area (Å²) < 4.78 is 5.21. The van der Waals surface area contributed by atoms with Crippen molar-refractivity contribution in [2.75, 3.05) is 20.2 Å². The molecule has 0 aromatic heterocycles. The first-order chi connectivity index (χ1) is 7.80. The van der Waals surface area contributed by atoms with Crippen molar-refractivity contribution in [1.82, 2.24) is 5.32 Å². The molecule has 1 aromatic carbocycles. The average molecular weight is 222 g/mol. The Morgan fingerprint density at radius 1 is 1.44 bits per heavy atom. The Kier molecular flexibility index (Phi) is 5.90. The van der Waals surface area contributed by atoms with Gasteiger partial charge in [0.05, 0.1) is 7.11 Å². The summed E-state index contributed by atoms with van der Waals surface area (Å²) in [6.07, 6.45) is 2.13. The summed E-state index contributed by atoms with van der Waals surface area (Å²) in [5, 5.41) is 3.44. The van der Waals surface area contributed by atoms with Crippen LogP contribution in [0.25, 0.3) is 0 Å². The third-order valence-electron chi connectivity index (χ3n) is 2.69. The van der Waals surface area contributed by atoms with E-state index in [-0.39, 0.29) is 0 Å². The van der Waals surface area contributed by atoms with E-state index in [1.165, 1.54) is 5.56 Å². The molecular formula is C13H22N2O. The molecule has 0 spiro atoms. The third-order valence-corrected chi connectivity index (χ3v) is 2.69. The first kappa shape index (κ1) is 13.0. The summed E-state index contributed by atoms with van der Waals surface area (Å²) in [6, 6.07) is 8.72. The van der Waals surface area contributed by atoms with Crippen molar-refractivity contribution in [3.63, 3.8) is 0 Å². The Labute approximate surface area is 98.0 Å². The molecule has 0 heterocycles. The van der Waals surface area contributed by atoms with E-state index in [2.05, 4.69) is 24.4 Å². The second-order valence-electron chi connectivity index (χ2n) is 3.90. The molecule has 0 radical (unpaired) electrons. The van der Waals surface area contributed by atoms with Crippen LogP contribution in [0, 0.1) is 0 Å². The lowest BCUT2D eigenvalue weighted by Crippen LogP contribution is -2.34. The fraction of sp³-hybridized carbons (Fsp3) is 0.538. The van der Waals surface area contributed by atoms with Gasteiger partial charge in [0, 0.05) is 19.1 Å². The molecule has 1 atom stereocenters. The molecule has 3 heteroatoms. The van der Waals surface area contributed by atoms with E-state index < -0.39 is 0 Å². The Balaban J connectivity index is 2.55. The van der Waals surface area contributed by atoms with E-state index in [1.807, 2.05) is 12.1 Å². The minimum Gasteiger partial charge on any atom is -0.497 e. The SMILES string of the molecule is CCC(Cc1cccc(OC)c1)NCCN. The fourth-order valence-electron chi connectivity index (χ4n) is 1.73. The summed E-state index contributed by atoms with van der Waals surface area (Å²) in [5.74, 6) is 0.922. The zero-order valence-electron chi connectivity index (χ0n) is 10.2. The van der Waals surface area contributed by atoms with Gasteiger partial charge in [-0.25, -0.2) is 0 Å². The monoisotopic (exact) mass is 222 g/mol. The minimum absolute atomic E-state index is 0.496. The lowest BCUT2D eigenvalue weighted by molar-refractivity contribution is 0.413. The van der Waals surface area contributed by atoms with Crippen molar-refractivity contribution in [3.8, 4) is 5.75 Å². The van der Waals surface area contributed by atoms with Crippen LogP contribution in [0.4, 0.5) is 0 Å². The van der Waals surface area contributed by atoms with Crippen LogP contribution in [0.1, 0.15) is 18.9 Å². The molecule has 1 aromatic rings. The summed E-state index contributed by atoms with van der Waals surface area (Å²) in [5.41, 5.74) is 6.79. The molecule has 90 valence electrons. The summed E-state index contributed by atoms with van der Waals surface area (Å²) >= 11 is 0. The summed E-state index contributed by atoms with van der Waals surface area (Å²) in [7, 11) is 1.70. The van der Waals surface area contributed by atoms with Crippen molar-refractivity contribution in [2.24, 2.45) is 5.73 Å². The van der Waals surface area contributed by atoms with Crippen LogP contribution in [0.3, 0.4) is 0 Å². The number of ether oxygens (including phenoxy) is 1. The average Bonchev–Trinajstić information content (AvgIpc) is 2.34. The largest absolute Gasteiger partial charge is 0.497 e. The van der Waals surface area contributed by atoms with Gasteiger partial charge in [-0.15, -0.1) is 0 Å². The smallest absolute Gasteiger partial charge is 0.119 e. The van der Waals surface area contributed by atoms with Crippen molar-refractivity contribution in [1.29, 1.82) is 0 Å². The molecule has 0 saturated carbocycles. The van der Waals surface area contributed by atoms with Crippen LogP contribution in [0.5, 0.6) is 5.75 Å². The summed E-state index contributed by atoms with van der Waals surface area (Å²) in [6.45, 7) is 3.76. The molecule has 3 N–H and O–H groups in total. The number of hydrogen-bond acceptors (Lipinski definition) is 3. The maximum atomic E-state index is 5.49. The van der Waals surface area contributed by atoms with E-state index >= 15 is 0 Å². The molecule has 3 nitrogen and oxygen atoms in total. The number of nitrogens with two attached hydrogens (primary N) is 1. The van der Waals surface area contributed by atoms with Crippen molar-refractivity contribution in [2.45, 2.75) is 25.8 Å². The predicted molar refractivity (Wildman–Crippen MR) is 67.8 cm³/mol. The van der Waals surface area contributed by atoms with Crippen molar-refractivity contribution < 1.29 is 4.74 Å². The highest BCUT2D eigenvalue weighted by atomic mass is 16.5. The second-order valence-corrected chi connectivity index (χ2v) is 3.90. The van der Waals surface area contributed by atoms with Crippen LogP contribution in [0.2, 0.25) is 0 Å². The maximum Gasteiger partial charge on any atom is 0.119 e. The Morgan fingerprint density at radius 3 is 2.88 bits per heavy atom. The predicted octanol–water partition coefficient (Wildman–Crippen LogP) is 1.56. The van der Waals surface area contributed by atoms with Gasteiger partial charge in [0.15, 0.2) is 0 Å². The normalized spacial score (nSPS) is 12.4. The minimum atomic E-state index is 0.496. The molecule has 0 aliphatic heterocycles. The van der Waals surface area contributed by atoms with Gasteiger partial charge in [0.25, 0.3) is 0 Å². The molecular weight excluding hydrogens is 200 g/mol. The van der Waals surface area contributed by atoms with E-state index in [0.717, 1.165) is 25.1 Å². The molecule has 0 fully saturated rings. The van der Waals surface area contributed by atoms with Gasteiger partial charge in [-0.2, -0.15) is 0 Å². The van der Waals surface area contributed by atoms with Crippen LogP contribution in [0.15, 0.2) is 24.3 Å². The molecule has 0 bridgehead atoms. The topological polar surface area (TPSA) is 47.3 Å². The summed E-state index contributed by atoms with van der Waals surface area (Å²) in [4.78, 5) is 0. The first-order valence-corrected chi connectivity index (χ1v) is 5.86. The third kappa shape index (κ3) is 4.21. The number of rotatable bonds is 7. The molecule has 16 heavy (non-hydrogen) atoms. The van der Waals surface area contributed by atoms with Crippen LogP contribution >= 0.6 is 0 Å². The van der Waals surface area contributed by atoms with Crippen molar-refractivity contribution in [3.05, 3.63) is 29.8 Å².